The lowest BCUT2D eigenvalue weighted by Crippen LogP contribution is -2.17. The normalized spacial score (nSPS) is 11.6. The summed E-state index contributed by atoms with van der Waals surface area (Å²) >= 11 is 0. The first-order chi connectivity index (χ1) is 16.3. The number of anilines is 1. The third-order valence-electron chi connectivity index (χ3n) is 5.61. The van der Waals surface area contributed by atoms with Gasteiger partial charge in [0, 0.05) is 5.56 Å². The van der Waals surface area contributed by atoms with Crippen molar-refractivity contribution >= 4 is 17.7 Å². The van der Waals surface area contributed by atoms with E-state index in [4.69, 9.17) is 14.4 Å². The Morgan fingerprint density at radius 2 is 1.50 bits per heavy atom. The fourth-order valence-electron chi connectivity index (χ4n) is 3.73. The molecule has 0 aliphatic rings. The third-order valence-corrected chi connectivity index (χ3v) is 5.61. The van der Waals surface area contributed by atoms with E-state index in [0.717, 1.165) is 27.8 Å². The van der Waals surface area contributed by atoms with Crippen LogP contribution in [0.2, 0.25) is 0 Å². The molecule has 4 aromatic rings. The summed E-state index contributed by atoms with van der Waals surface area (Å²) in [4.78, 5) is 23.7. The molecule has 0 fully saturated rings. The Morgan fingerprint density at radius 1 is 0.912 bits per heavy atom. The fourth-order valence-corrected chi connectivity index (χ4v) is 3.73. The molecule has 1 aromatic heterocycles. The number of amides is 1. The molecule has 1 atom stereocenters. The summed E-state index contributed by atoms with van der Waals surface area (Å²) in [5, 5.41) is 15.8. The van der Waals surface area contributed by atoms with Gasteiger partial charge in [-0.25, -0.2) is 9.59 Å². The maximum absolute atomic E-state index is 12.6. The highest BCUT2D eigenvalue weighted by atomic mass is 16.6. The van der Waals surface area contributed by atoms with Crippen molar-refractivity contribution in [3.8, 4) is 22.5 Å². The topological polar surface area (TPSA) is 102 Å². The number of benzene rings is 3. The molecule has 1 unspecified atom stereocenters. The molecule has 1 heterocycles. The van der Waals surface area contributed by atoms with Crippen LogP contribution in [0.3, 0.4) is 0 Å². The maximum Gasteiger partial charge on any atom is 0.412 e. The molecule has 0 spiro atoms. The number of rotatable bonds is 6. The Morgan fingerprint density at radius 3 is 2.12 bits per heavy atom. The van der Waals surface area contributed by atoms with Crippen LogP contribution in [0.15, 0.2) is 77.3 Å². The molecule has 1 amide bonds. The Balaban J connectivity index is 1.50. The molecule has 4 rings (SSSR count). The largest absolute Gasteiger partial charge is 0.478 e. The molecule has 34 heavy (non-hydrogen) atoms. The van der Waals surface area contributed by atoms with E-state index in [1.807, 2.05) is 62.4 Å². The summed E-state index contributed by atoms with van der Waals surface area (Å²) in [6.07, 6.45) is -1.02. The molecular formula is C27H24N2O5. The number of aromatic carboxylic acids is 1. The number of carboxylic acids is 1. The summed E-state index contributed by atoms with van der Waals surface area (Å²) in [7, 11) is 0. The minimum Gasteiger partial charge on any atom is -0.478 e. The Labute approximate surface area is 197 Å². The zero-order chi connectivity index (χ0) is 24.2. The van der Waals surface area contributed by atoms with Gasteiger partial charge in [-0.05, 0) is 55.2 Å². The lowest BCUT2D eigenvalue weighted by Gasteiger charge is -2.16. The van der Waals surface area contributed by atoms with Crippen molar-refractivity contribution < 1.29 is 24.0 Å². The monoisotopic (exact) mass is 456 g/mol. The number of carbonyl (C=O) groups is 2. The molecule has 0 saturated heterocycles. The first-order valence-electron chi connectivity index (χ1n) is 10.8. The molecule has 3 aromatic carbocycles. The van der Waals surface area contributed by atoms with Gasteiger partial charge in [0.05, 0.1) is 5.56 Å². The smallest absolute Gasteiger partial charge is 0.412 e. The van der Waals surface area contributed by atoms with Crippen molar-refractivity contribution in [2.75, 3.05) is 5.32 Å². The van der Waals surface area contributed by atoms with Crippen molar-refractivity contribution in [3.63, 3.8) is 0 Å². The summed E-state index contributed by atoms with van der Waals surface area (Å²) in [5.74, 6) is -0.541. The van der Waals surface area contributed by atoms with Gasteiger partial charge in [-0.2, -0.15) is 0 Å². The Bertz CT molecular complexity index is 1320. The lowest BCUT2D eigenvalue weighted by atomic mass is 10.0. The van der Waals surface area contributed by atoms with Gasteiger partial charge in [-0.15, -0.1) is 0 Å². The van der Waals surface area contributed by atoms with Crippen molar-refractivity contribution in [2.45, 2.75) is 26.9 Å². The van der Waals surface area contributed by atoms with Gasteiger partial charge >= 0.3 is 12.1 Å². The minimum atomic E-state index is -0.963. The van der Waals surface area contributed by atoms with Crippen molar-refractivity contribution in [2.24, 2.45) is 0 Å². The number of nitrogens with one attached hydrogen (secondary N) is 1. The summed E-state index contributed by atoms with van der Waals surface area (Å²) < 4.78 is 11.1. The Kier molecular flexibility index (Phi) is 6.45. The van der Waals surface area contributed by atoms with Crippen LogP contribution < -0.4 is 5.32 Å². The Hall–Kier alpha value is -4.39. The highest BCUT2D eigenvalue weighted by Gasteiger charge is 2.20. The second-order valence-corrected chi connectivity index (χ2v) is 7.96. The van der Waals surface area contributed by atoms with Crippen LogP contribution in [0.25, 0.3) is 22.5 Å². The lowest BCUT2D eigenvalue weighted by molar-refractivity contribution is 0.0696. The van der Waals surface area contributed by atoms with Crippen LogP contribution in [-0.4, -0.2) is 22.3 Å². The van der Waals surface area contributed by atoms with Gasteiger partial charge in [0.25, 0.3) is 0 Å². The van der Waals surface area contributed by atoms with Gasteiger partial charge in [-0.1, -0.05) is 65.8 Å². The third kappa shape index (κ3) is 4.83. The molecule has 7 heteroatoms. The van der Waals surface area contributed by atoms with Crippen LogP contribution in [0, 0.1) is 13.8 Å². The SMILES string of the molecule is Cc1ccccc1C(C)OC(=O)Nc1c(C)noc1-c1ccc(-c2ccc(C(=O)O)cc2)cc1. The molecule has 0 aliphatic carbocycles. The van der Waals surface area contributed by atoms with Crippen molar-refractivity contribution in [1.82, 2.24) is 5.16 Å². The van der Waals surface area contributed by atoms with E-state index >= 15 is 0 Å². The second kappa shape index (κ2) is 9.62. The zero-order valence-electron chi connectivity index (χ0n) is 19.0. The molecule has 2 N–H and O–H groups in total. The average Bonchev–Trinajstić information content (AvgIpc) is 3.19. The number of aromatic nitrogens is 1. The predicted octanol–water partition coefficient (Wildman–Crippen LogP) is 6.63. The molecule has 0 aliphatic heterocycles. The minimum absolute atomic E-state index is 0.233. The molecule has 0 bridgehead atoms. The van der Waals surface area contributed by atoms with E-state index in [-0.39, 0.29) is 5.56 Å². The van der Waals surface area contributed by atoms with Crippen LogP contribution in [0.4, 0.5) is 10.5 Å². The van der Waals surface area contributed by atoms with Crippen LogP contribution in [0.1, 0.15) is 40.2 Å². The first kappa shape index (κ1) is 22.8. The maximum atomic E-state index is 12.6. The summed E-state index contributed by atoms with van der Waals surface area (Å²) in [6, 6.07) is 21.9. The van der Waals surface area contributed by atoms with Crippen molar-refractivity contribution in [1.29, 1.82) is 0 Å². The van der Waals surface area contributed by atoms with E-state index in [9.17, 15) is 9.59 Å². The highest BCUT2D eigenvalue weighted by molar-refractivity contribution is 5.91. The van der Waals surface area contributed by atoms with Gasteiger partial charge in [0.2, 0.25) is 0 Å². The quantitative estimate of drug-likeness (QED) is 0.337. The molecular weight excluding hydrogens is 432 g/mol. The second-order valence-electron chi connectivity index (χ2n) is 7.96. The van der Waals surface area contributed by atoms with Crippen molar-refractivity contribution in [3.05, 3.63) is 95.2 Å². The number of carbonyl (C=O) groups excluding carboxylic acids is 1. The number of hydrogen-bond donors (Lipinski definition) is 2. The van der Waals surface area contributed by atoms with Crippen LogP contribution in [-0.2, 0) is 4.74 Å². The zero-order valence-corrected chi connectivity index (χ0v) is 19.0. The van der Waals surface area contributed by atoms with E-state index in [0.29, 0.717) is 17.1 Å². The van der Waals surface area contributed by atoms with E-state index in [1.165, 1.54) is 0 Å². The first-order valence-corrected chi connectivity index (χ1v) is 10.8. The number of nitrogens with zero attached hydrogens (tertiary/aromatic N) is 1. The number of ether oxygens (including phenoxy) is 1. The van der Waals surface area contributed by atoms with Crippen LogP contribution in [0.5, 0.6) is 0 Å². The van der Waals surface area contributed by atoms with Crippen LogP contribution >= 0.6 is 0 Å². The molecule has 0 saturated carbocycles. The van der Waals surface area contributed by atoms with E-state index in [1.54, 1.807) is 31.2 Å². The fraction of sp³-hybridized carbons (Fsp3) is 0.148. The number of carboxylic acid groups (broad SMARTS) is 1. The van der Waals surface area contributed by atoms with Gasteiger partial charge in [0.1, 0.15) is 17.5 Å². The van der Waals surface area contributed by atoms with E-state index < -0.39 is 18.2 Å². The van der Waals surface area contributed by atoms with Gasteiger partial charge < -0.3 is 14.4 Å². The van der Waals surface area contributed by atoms with E-state index in [2.05, 4.69) is 10.5 Å². The summed E-state index contributed by atoms with van der Waals surface area (Å²) in [5.41, 5.74) is 5.72. The number of aryl methyl sites for hydroxylation is 2. The predicted molar refractivity (Wildman–Crippen MR) is 129 cm³/mol. The number of hydrogen-bond acceptors (Lipinski definition) is 5. The van der Waals surface area contributed by atoms with Gasteiger partial charge in [0.15, 0.2) is 5.76 Å². The standard InChI is InChI=1S/C27H24N2O5/c1-16-6-4-5-7-23(16)18(3)33-27(32)28-24-17(2)29-34-25(24)21-12-8-19(9-13-21)20-10-14-22(15-11-20)26(30)31/h4-15,18H,1-3H3,(H,28,32)(H,30,31). The molecule has 172 valence electrons. The highest BCUT2D eigenvalue weighted by Crippen LogP contribution is 2.33. The molecule has 7 nitrogen and oxygen atoms in total. The summed E-state index contributed by atoms with van der Waals surface area (Å²) in [6.45, 7) is 5.54. The average molecular weight is 456 g/mol. The van der Waals surface area contributed by atoms with Gasteiger partial charge in [-0.3, -0.25) is 5.32 Å². The molecule has 0 radical (unpaired) electrons.